The summed E-state index contributed by atoms with van der Waals surface area (Å²) >= 11 is 0. The first-order valence-corrected chi connectivity index (χ1v) is 5.56. The molecule has 0 aliphatic heterocycles. The molecule has 0 spiro atoms. The van der Waals surface area contributed by atoms with Gasteiger partial charge in [0.05, 0.1) is 6.10 Å². The predicted octanol–water partition coefficient (Wildman–Crippen LogP) is 4.63. The fourth-order valence-corrected chi connectivity index (χ4v) is 1.35. The summed E-state index contributed by atoms with van der Waals surface area (Å²) < 4.78 is 40.1. The summed E-state index contributed by atoms with van der Waals surface area (Å²) in [4.78, 5) is 0. The fourth-order valence-electron chi connectivity index (χ4n) is 1.35. The Hall–Kier alpha value is -1.03. The van der Waals surface area contributed by atoms with Crippen molar-refractivity contribution < 1.29 is 17.9 Å². The number of alkyl halides is 3. The molecule has 0 aromatic heterocycles. The van der Waals surface area contributed by atoms with Gasteiger partial charge in [0.2, 0.25) is 0 Å². The Morgan fingerprint density at radius 1 is 1.06 bits per heavy atom. The molecule has 4 heteroatoms. The molecule has 0 bridgehead atoms. The molecule has 0 saturated carbocycles. The Morgan fingerprint density at radius 2 is 1.65 bits per heavy atom. The van der Waals surface area contributed by atoms with E-state index >= 15 is 0 Å². The van der Waals surface area contributed by atoms with Crippen LogP contribution in [0.2, 0.25) is 0 Å². The van der Waals surface area contributed by atoms with Crippen molar-refractivity contribution >= 4 is 0 Å². The van der Waals surface area contributed by atoms with Gasteiger partial charge in [0, 0.05) is 0 Å². The van der Waals surface area contributed by atoms with Crippen molar-refractivity contribution in [3.05, 3.63) is 36.5 Å². The highest BCUT2D eigenvalue weighted by Crippen LogP contribution is 2.21. The lowest BCUT2D eigenvalue weighted by Gasteiger charge is -2.14. The minimum Gasteiger partial charge on any atom is -0.284 e. The predicted molar refractivity (Wildman–Crippen MR) is 63.5 cm³/mol. The first kappa shape index (κ1) is 16.0. The maximum Gasteiger partial charge on any atom is 0.523 e. The van der Waals surface area contributed by atoms with Gasteiger partial charge in [-0.15, -0.1) is 13.2 Å². The molecule has 2 atom stereocenters. The first-order valence-electron chi connectivity index (χ1n) is 5.56. The number of allylic oxidation sites excluding steroid dienone is 4. The van der Waals surface area contributed by atoms with E-state index in [1.54, 1.807) is 19.1 Å². The van der Waals surface area contributed by atoms with Crippen molar-refractivity contribution in [3.8, 4) is 0 Å². The second-order valence-corrected chi connectivity index (χ2v) is 3.68. The maximum absolute atomic E-state index is 12.0. The number of halogens is 3. The van der Waals surface area contributed by atoms with Crippen LogP contribution in [-0.4, -0.2) is 12.5 Å². The van der Waals surface area contributed by atoms with Crippen LogP contribution in [0.1, 0.15) is 27.2 Å². The molecule has 1 nitrogen and oxygen atoms in total. The second-order valence-electron chi connectivity index (χ2n) is 3.68. The summed E-state index contributed by atoms with van der Waals surface area (Å²) in [6.07, 6.45) is 5.07. The molecule has 98 valence electrons. The SMILES string of the molecule is C/C=C\C(C)/C=C/CC(/C=C\C)OC(F)(F)F. The van der Waals surface area contributed by atoms with Crippen LogP contribution in [0.15, 0.2) is 36.5 Å². The normalized spacial score (nSPS) is 17.3. The van der Waals surface area contributed by atoms with Crippen molar-refractivity contribution in [2.75, 3.05) is 0 Å². The highest BCUT2D eigenvalue weighted by atomic mass is 19.4. The van der Waals surface area contributed by atoms with Crippen molar-refractivity contribution in [2.24, 2.45) is 5.92 Å². The zero-order valence-electron chi connectivity index (χ0n) is 10.4. The summed E-state index contributed by atoms with van der Waals surface area (Å²) in [5.74, 6) is 0.220. The molecule has 0 heterocycles. The summed E-state index contributed by atoms with van der Waals surface area (Å²) in [5, 5.41) is 0. The van der Waals surface area contributed by atoms with Gasteiger partial charge < -0.3 is 0 Å². The van der Waals surface area contributed by atoms with E-state index in [2.05, 4.69) is 4.74 Å². The molecule has 0 N–H and O–H groups in total. The molecule has 0 fully saturated rings. The van der Waals surface area contributed by atoms with Crippen LogP contribution in [0.3, 0.4) is 0 Å². The molecule has 0 aromatic rings. The molecule has 0 aliphatic carbocycles. The summed E-state index contributed by atoms with van der Waals surface area (Å²) in [6.45, 7) is 5.53. The number of hydrogen-bond donors (Lipinski definition) is 0. The average molecular weight is 248 g/mol. The van der Waals surface area contributed by atoms with Gasteiger partial charge >= 0.3 is 6.36 Å². The van der Waals surface area contributed by atoms with E-state index in [-0.39, 0.29) is 12.3 Å². The molecular weight excluding hydrogens is 229 g/mol. The minimum absolute atomic E-state index is 0.214. The lowest BCUT2D eigenvalue weighted by molar-refractivity contribution is -0.335. The molecule has 0 saturated heterocycles. The van der Waals surface area contributed by atoms with Crippen LogP contribution in [0.25, 0.3) is 0 Å². The maximum atomic E-state index is 12.0. The lowest BCUT2D eigenvalue weighted by Crippen LogP contribution is -2.21. The average Bonchev–Trinajstić information content (AvgIpc) is 2.15. The van der Waals surface area contributed by atoms with E-state index < -0.39 is 12.5 Å². The molecular formula is C13H19F3O. The molecule has 0 aromatic carbocycles. The van der Waals surface area contributed by atoms with E-state index in [0.29, 0.717) is 0 Å². The number of ether oxygens (including phenoxy) is 1. The smallest absolute Gasteiger partial charge is 0.284 e. The van der Waals surface area contributed by atoms with Gasteiger partial charge in [-0.05, 0) is 26.2 Å². The highest BCUT2D eigenvalue weighted by molar-refractivity contribution is 5.00. The van der Waals surface area contributed by atoms with E-state index in [4.69, 9.17) is 0 Å². The van der Waals surface area contributed by atoms with Crippen molar-refractivity contribution in [1.82, 2.24) is 0 Å². The van der Waals surface area contributed by atoms with Crippen molar-refractivity contribution in [3.63, 3.8) is 0 Å². The lowest BCUT2D eigenvalue weighted by atomic mass is 10.1. The van der Waals surface area contributed by atoms with E-state index in [9.17, 15) is 13.2 Å². The van der Waals surface area contributed by atoms with Crippen LogP contribution in [0.4, 0.5) is 13.2 Å². The third kappa shape index (κ3) is 9.87. The molecule has 17 heavy (non-hydrogen) atoms. The number of rotatable bonds is 6. The topological polar surface area (TPSA) is 9.23 Å². The summed E-state index contributed by atoms with van der Waals surface area (Å²) in [6, 6.07) is 0. The van der Waals surface area contributed by atoms with Gasteiger partial charge in [-0.2, -0.15) is 0 Å². The van der Waals surface area contributed by atoms with E-state index in [0.717, 1.165) is 0 Å². The van der Waals surface area contributed by atoms with Crippen LogP contribution in [0.5, 0.6) is 0 Å². The first-order chi connectivity index (χ1) is 7.89. The fraction of sp³-hybridized carbons (Fsp3) is 0.538. The van der Waals surface area contributed by atoms with Crippen LogP contribution in [0, 0.1) is 5.92 Å². The van der Waals surface area contributed by atoms with Crippen LogP contribution in [-0.2, 0) is 4.74 Å². The molecule has 2 unspecified atom stereocenters. The van der Waals surface area contributed by atoms with Crippen molar-refractivity contribution in [2.45, 2.75) is 39.7 Å². The molecule has 0 aliphatic rings. The second kappa shape index (κ2) is 8.12. The van der Waals surface area contributed by atoms with E-state index in [1.165, 1.54) is 6.08 Å². The Balaban J connectivity index is 4.27. The summed E-state index contributed by atoms with van der Waals surface area (Å²) in [5.41, 5.74) is 0. The standard InChI is InChI=1S/C13H19F3O/c1-4-7-11(3)9-6-10-12(8-5-2)17-13(14,15)16/h4-9,11-12H,10H2,1-3H3/b7-4-,8-5-,9-6+. The Bertz CT molecular complexity index is 277. The molecule has 0 rings (SSSR count). The minimum atomic E-state index is -4.59. The number of hydrogen-bond acceptors (Lipinski definition) is 1. The van der Waals surface area contributed by atoms with Gasteiger partial charge in [0.1, 0.15) is 0 Å². The van der Waals surface area contributed by atoms with Gasteiger partial charge in [-0.3, -0.25) is 4.74 Å². The van der Waals surface area contributed by atoms with Gasteiger partial charge in [-0.1, -0.05) is 43.4 Å². The van der Waals surface area contributed by atoms with E-state index in [1.807, 2.05) is 32.1 Å². The molecule has 0 radical (unpaired) electrons. The van der Waals surface area contributed by atoms with Crippen molar-refractivity contribution in [1.29, 1.82) is 0 Å². The quantitative estimate of drug-likeness (QED) is 0.623. The van der Waals surface area contributed by atoms with Gasteiger partial charge in [0.25, 0.3) is 0 Å². The Kier molecular flexibility index (Phi) is 7.63. The Morgan fingerprint density at radius 3 is 2.12 bits per heavy atom. The molecule has 0 amide bonds. The zero-order valence-corrected chi connectivity index (χ0v) is 10.4. The third-order valence-electron chi connectivity index (χ3n) is 2.00. The third-order valence-corrected chi connectivity index (χ3v) is 2.00. The Labute approximate surface area is 101 Å². The highest BCUT2D eigenvalue weighted by Gasteiger charge is 2.32. The van der Waals surface area contributed by atoms with Crippen LogP contribution >= 0.6 is 0 Å². The largest absolute Gasteiger partial charge is 0.523 e. The monoisotopic (exact) mass is 248 g/mol. The van der Waals surface area contributed by atoms with Crippen LogP contribution < -0.4 is 0 Å². The van der Waals surface area contributed by atoms with Gasteiger partial charge in [0.15, 0.2) is 0 Å². The zero-order chi connectivity index (χ0) is 13.3. The summed E-state index contributed by atoms with van der Waals surface area (Å²) in [7, 11) is 0. The van der Waals surface area contributed by atoms with Gasteiger partial charge in [-0.25, -0.2) is 0 Å².